The van der Waals surface area contributed by atoms with Gasteiger partial charge in [0.2, 0.25) is 5.91 Å². The Bertz CT molecular complexity index is 374. The van der Waals surface area contributed by atoms with Crippen LogP contribution in [-0.2, 0) is 4.79 Å². The lowest BCUT2D eigenvalue weighted by Crippen LogP contribution is -2.37. The number of carbonyl (C=O) groups is 1. The molecular weight excluding hydrogens is 400 g/mol. The van der Waals surface area contributed by atoms with Crippen molar-refractivity contribution in [2.24, 2.45) is 0 Å². The molecule has 0 heterocycles. The van der Waals surface area contributed by atoms with E-state index in [0.29, 0.717) is 32.6 Å². The van der Waals surface area contributed by atoms with Crippen LogP contribution >= 0.6 is 0 Å². The van der Waals surface area contributed by atoms with Gasteiger partial charge in [-0.1, -0.05) is 116 Å². The zero-order valence-electron chi connectivity index (χ0n) is 21.4. The monoisotopic (exact) mass is 456 g/mol. The Morgan fingerprint density at radius 1 is 0.594 bits per heavy atom. The third-order valence-electron chi connectivity index (χ3n) is 6.34. The summed E-state index contributed by atoms with van der Waals surface area (Å²) < 4.78 is 0. The molecule has 5 nitrogen and oxygen atoms in total. The first-order valence-electron chi connectivity index (χ1n) is 13.9. The van der Waals surface area contributed by atoms with E-state index in [2.05, 4.69) is 12.2 Å². The van der Waals surface area contributed by atoms with Crippen LogP contribution in [0.1, 0.15) is 129 Å². The van der Waals surface area contributed by atoms with E-state index in [-0.39, 0.29) is 19.1 Å². The molecule has 0 bridgehead atoms. The molecule has 0 fully saturated rings. The maximum Gasteiger partial charge on any atom is 0.220 e. The second kappa shape index (κ2) is 26.6. The number of carbonyl (C=O) groups excluding carboxylic acids is 1. The molecule has 0 aromatic rings. The van der Waals surface area contributed by atoms with Crippen molar-refractivity contribution in [1.82, 2.24) is 10.2 Å². The van der Waals surface area contributed by atoms with Gasteiger partial charge in [-0.05, 0) is 6.42 Å². The lowest BCUT2D eigenvalue weighted by atomic mass is 10.0. The molecule has 5 heteroatoms. The Kier molecular flexibility index (Phi) is 26.1. The Hall–Kier alpha value is -0.650. The molecule has 0 saturated carbocycles. The van der Waals surface area contributed by atoms with Gasteiger partial charge in [0.25, 0.3) is 0 Å². The van der Waals surface area contributed by atoms with Gasteiger partial charge in [-0.3, -0.25) is 9.69 Å². The molecular formula is C27H56N2O3. The van der Waals surface area contributed by atoms with Crippen LogP contribution in [0.4, 0.5) is 0 Å². The third kappa shape index (κ3) is 24.0. The number of nitrogens with one attached hydrogen (secondary N) is 1. The van der Waals surface area contributed by atoms with Crippen LogP contribution < -0.4 is 5.32 Å². The van der Waals surface area contributed by atoms with E-state index in [1.165, 1.54) is 103 Å². The van der Waals surface area contributed by atoms with Crippen molar-refractivity contribution >= 4 is 5.91 Å². The van der Waals surface area contributed by atoms with E-state index in [1.54, 1.807) is 0 Å². The van der Waals surface area contributed by atoms with Crippen molar-refractivity contribution in [3.63, 3.8) is 0 Å². The predicted octanol–water partition coefficient (Wildman–Crippen LogP) is 5.82. The molecule has 0 aliphatic rings. The lowest BCUT2D eigenvalue weighted by Gasteiger charge is -2.20. The molecule has 0 spiro atoms. The van der Waals surface area contributed by atoms with Gasteiger partial charge in [0.15, 0.2) is 0 Å². The minimum absolute atomic E-state index is 0.0766. The van der Waals surface area contributed by atoms with Gasteiger partial charge in [0.05, 0.1) is 13.2 Å². The molecule has 0 unspecified atom stereocenters. The summed E-state index contributed by atoms with van der Waals surface area (Å²) in [5, 5.41) is 20.9. The molecule has 0 rings (SSSR count). The first-order chi connectivity index (χ1) is 15.7. The Labute approximate surface area is 199 Å². The SMILES string of the molecule is CCCCCCCCCCCCCCCCCCCCC(=O)NCCN(CCO)CCO. The van der Waals surface area contributed by atoms with Gasteiger partial charge in [-0.15, -0.1) is 0 Å². The first-order valence-corrected chi connectivity index (χ1v) is 13.9. The normalized spacial score (nSPS) is 11.4. The summed E-state index contributed by atoms with van der Waals surface area (Å²) in [6, 6.07) is 0. The highest BCUT2D eigenvalue weighted by atomic mass is 16.3. The molecule has 0 aliphatic heterocycles. The number of aliphatic hydroxyl groups excluding tert-OH is 2. The molecule has 0 atom stereocenters. The van der Waals surface area contributed by atoms with Crippen molar-refractivity contribution in [1.29, 1.82) is 0 Å². The van der Waals surface area contributed by atoms with E-state index in [0.717, 1.165) is 12.8 Å². The lowest BCUT2D eigenvalue weighted by molar-refractivity contribution is -0.121. The number of hydrogen-bond acceptors (Lipinski definition) is 4. The summed E-state index contributed by atoms with van der Waals surface area (Å²) in [6.07, 6.45) is 25.0. The summed E-state index contributed by atoms with van der Waals surface area (Å²) in [6.45, 7) is 4.76. The standard InChI is InChI=1S/C27H56N2O3/c1-2-3-4-5-6-7-8-9-10-11-12-13-14-15-16-17-18-19-20-27(32)28-21-22-29(23-25-30)24-26-31/h30-31H,2-26H2,1H3,(H,28,32). The minimum Gasteiger partial charge on any atom is -0.395 e. The summed E-state index contributed by atoms with van der Waals surface area (Å²) in [4.78, 5) is 13.8. The van der Waals surface area contributed by atoms with Gasteiger partial charge >= 0.3 is 0 Å². The van der Waals surface area contributed by atoms with E-state index in [4.69, 9.17) is 10.2 Å². The van der Waals surface area contributed by atoms with Crippen LogP contribution in [0, 0.1) is 0 Å². The number of nitrogens with zero attached hydrogens (tertiary/aromatic N) is 1. The Morgan fingerprint density at radius 3 is 1.34 bits per heavy atom. The van der Waals surface area contributed by atoms with Gasteiger partial charge in [0, 0.05) is 32.6 Å². The molecule has 0 aromatic heterocycles. The van der Waals surface area contributed by atoms with Crippen molar-refractivity contribution in [3.8, 4) is 0 Å². The molecule has 192 valence electrons. The van der Waals surface area contributed by atoms with Crippen LogP contribution in [0.3, 0.4) is 0 Å². The number of rotatable bonds is 26. The Morgan fingerprint density at radius 2 is 0.969 bits per heavy atom. The molecule has 0 radical (unpaired) electrons. The highest BCUT2D eigenvalue weighted by Gasteiger charge is 2.05. The van der Waals surface area contributed by atoms with Crippen molar-refractivity contribution in [3.05, 3.63) is 0 Å². The van der Waals surface area contributed by atoms with Crippen molar-refractivity contribution < 1.29 is 15.0 Å². The van der Waals surface area contributed by atoms with Crippen LogP contribution in [0.5, 0.6) is 0 Å². The topological polar surface area (TPSA) is 72.8 Å². The van der Waals surface area contributed by atoms with Crippen LogP contribution in [0.2, 0.25) is 0 Å². The average molecular weight is 457 g/mol. The van der Waals surface area contributed by atoms with E-state index < -0.39 is 0 Å². The first kappa shape index (κ1) is 31.4. The minimum atomic E-state index is 0.0766. The number of amides is 1. The highest BCUT2D eigenvalue weighted by Crippen LogP contribution is 2.14. The molecule has 32 heavy (non-hydrogen) atoms. The second-order valence-corrected chi connectivity index (χ2v) is 9.40. The number of hydrogen-bond donors (Lipinski definition) is 3. The van der Waals surface area contributed by atoms with Gasteiger partial charge in [0.1, 0.15) is 0 Å². The molecule has 1 amide bonds. The number of unbranched alkanes of at least 4 members (excludes halogenated alkanes) is 17. The quantitative estimate of drug-likeness (QED) is 0.143. The third-order valence-corrected chi connectivity index (χ3v) is 6.34. The fourth-order valence-electron chi connectivity index (χ4n) is 4.25. The van der Waals surface area contributed by atoms with Crippen LogP contribution in [-0.4, -0.2) is 60.4 Å². The largest absolute Gasteiger partial charge is 0.395 e. The predicted molar refractivity (Wildman–Crippen MR) is 137 cm³/mol. The van der Waals surface area contributed by atoms with Crippen LogP contribution in [0.25, 0.3) is 0 Å². The zero-order valence-corrected chi connectivity index (χ0v) is 21.4. The fraction of sp³-hybridized carbons (Fsp3) is 0.963. The van der Waals surface area contributed by atoms with E-state index in [9.17, 15) is 4.79 Å². The molecule has 3 N–H and O–H groups in total. The van der Waals surface area contributed by atoms with E-state index >= 15 is 0 Å². The van der Waals surface area contributed by atoms with Crippen molar-refractivity contribution in [2.75, 3.05) is 39.4 Å². The van der Waals surface area contributed by atoms with Crippen LogP contribution in [0.15, 0.2) is 0 Å². The smallest absolute Gasteiger partial charge is 0.220 e. The van der Waals surface area contributed by atoms with E-state index in [1.807, 2.05) is 4.90 Å². The molecule has 0 aliphatic carbocycles. The maximum absolute atomic E-state index is 11.9. The summed E-state index contributed by atoms with van der Waals surface area (Å²) in [5.41, 5.74) is 0. The molecule has 0 saturated heterocycles. The summed E-state index contributed by atoms with van der Waals surface area (Å²) in [5.74, 6) is 0.120. The average Bonchev–Trinajstić information content (AvgIpc) is 2.78. The maximum atomic E-state index is 11.9. The van der Waals surface area contributed by atoms with Gasteiger partial charge in [-0.25, -0.2) is 0 Å². The fourth-order valence-corrected chi connectivity index (χ4v) is 4.25. The Balaban J connectivity index is 3.24. The van der Waals surface area contributed by atoms with Gasteiger partial charge in [-0.2, -0.15) is 0 Å². The number of aliphatic hydroxyl groups is 2. The van der Waals surface area contributed by atoms with Gasteiger partial charge < -0.3 is 15.5 Å². The summed E-state index contributed by atoms with van der Waals surface area (Å²) >= 11 is 0. The van der Waals surface area contributed by atoms with Crippen molar-refractivity contribution in [2.45, 2.75) is 129 Å². The zero-order chi connectivity index (χ0) is 23.5. The summed E-state index contributed by atoms with van der Waals surface area (Å²) in [7, 11) is 0. The highest BCUT2D eigenvalue weighted by molar-refractivity contribution is 5.75. The second-order valence-electron chi connectivity index (χ2n) is 9.40. The molecule has 0 aromatic carbocycles.